The summed E-state index contributed by atoms with van der Waals surface area (Å²) in [7, 11) is 0. The standard InChI is InChI=1S/C18H21N5O3.Na.H/c24-17-16-6-1-2-7-21(16)8-9-23(17)14-5-3-4-13(10-14)11-22-12-15(18(25)26)19-20-22;;/h3-5,10,12,16H,1-2,6-9,11H2,(H,25,26);;/q;+1;-1. The number of carbonyl (C=O) groups excluding carboxylic acids is 1. The molecule has 3 heterocycles. The molecule has 0 spiro atoms. The van der Waals surface area contributed by atoms with Crippen LogP contribution in [0.15, 0.2) is 30.5 Å². The second kappa shape index (κ2) is 8.52. The Morgan fingerprint density at radius 3 is 2.89 bits per heavy atom. The Balaban J connectivity index is 0.00000140. The van der Waals surface area contributed by atoms with Crippen LogP contribution in [0.1, 0.15) is 36.7 Å². The molecule has 8 nitrogen and oxygen atoms in total. The topological polar surface area (TPSA) is 91.6 Å². The summed E-state index contributed by atoms with van der Waals surface area (Å²) in [5, 5.41) is 16.4. The number of piperidine rings is 1. The third-order valence-electron chi connectivity index (χ3n) is 5.10. The van der Waals surface area contributed by atoms with E-state index in [1.54, 1.807) is 0 Å². The van der Waals surface area contributed by atoms with Gasteiger partial charge in [0.05, 0.1) is 18.8 Å². The van der Waals surface area contributed by atoms with Gasteiger partial charge in [-0.3, -0.25) is 9.69 Å². The van der Waals surface area contributed by atoms with Crippen LogP contribution in [0.3, 0.4) is 0 Å². The van der Waals surface area contributed by atoms with Crippen LogP contribution in [0.5, 0.6) is 0 Å². The number of rotatable bonds is 4. The maximum absolute atomic E-state index is 12.9. The van der Waals surface area contributed by atoms with E-state index in [9.17, 15) is 9.59 Å². The molecular weight excluding hydrogens is 357 g/mol. The molecule has 2 saturated heterocycles. The predicted octanol–water partition coefficient (Wildman–Crippen LogP) is -1.66. The minimum absolute atomic E-state index is 0. The summed E-state index contributed by atoms with van der Waals surface area (Å²) in [5.41, 5.74) is 1.75. The largest absolute Gasteiger partial charge is 1.00 e. The summed E-state index contributed by atoms with van der Waals surface area (Å²) in [5.74, 6) is -0.914. The van der Waals surface area contributed by atoms with Gasteiger partial charge in [0, 0.05) is 18.8 Å². The van der Waals surface area contributed by atoms with Crippen molar-refractivity contribution < 1.29 is 45.7 Å². The van der Waals surface area contributed by atoms with Crippen molar-refractivity contribution >= 4 is 17.6 Å². The van der Waals surface area contributed by atoms with E-state index in [-0.39, 0.29) is 48.6 Å². The molecule has 0 aliphatic carbocycles. The third-order valence-corrected chi connectivity index (χ3v) is 5.10. The first kappa shape index (κ1) is 20.0. The van der Waals surface area contributed by atoms with E-state index in [0.29, 0.717) is 13.1 Å². The monoisotopic (exact) mass is 379 g/mol. The normalized spacial score (nSPS) is 20.1. The van der Waals surface area contributed by atoms with Crippen LogP contribution in [0.4, 0.5) is 5.69 Å². The van der Waals surface area contributed by atoms with Gasteiger partial charge in [0.1, 0.15) is 0 Å². The van der Waals surface area contributed by atoms with Crippen LogP contribution in [0.25, 0.3) is 0 Å². The second-order valence-corrected chi connectivity index (χ2v) is 6.81. The molecule has 2 aliphatic heterocycles. The molecule has 1 aromatic carbocycles. The van der Waals surface area contributed by atoms with E-state index in [1.807, 2.05) is 29.2 Å². The van der Waals surface area contributed by atoms with Crippen molar-refractivity contribution in [3.8, 4) is 0 Å². The number of carboxylic acid groups (broad SMARTS) is 1. The molecule has 1 aromatic heterocycles. The van der Waals surface area contributed by atoms with E-state index in [1.165, 1.54) is 17.3 Å². The van der Waals surface area contributed by atoms with Crippen LogP contribution in [-0.4, -0.2) is 62.6 Å². The fourth-order valence-corrected chi connectivity index (χ4v) is 3.80. The molecule has 1 N–H and O–H groups in total. The Labute approximate surface area is 180 Å². The number of anilines is 1. The van der Waals surface area contributed by atoms with E-state index in [4.69, 9.17) is 5.11 Å². The number of hydrogen-bond acceptors (Lipinski definition) is 5. The Kier molecular flexibility index (Phi) is 6.31. The number of benzene rings is 1. The number of hydrogen-bond donors (Lipinski definition) is 1. The molecule has 0 radical (unpaired) electrons. The van der Waals surface area contributed by atoms with E-state index in [0.717, 1.165) is 37.2 Å². The summed E-state index contributed by atoms with van der Waals surface area (Å²) in [6, 6.07) is 7.78. The zero-order valence-corrected chi connectivity index (χ0v) is 17.4. The van der Waals surface area contributed by atoms with Gasteiger partial charge in [-0.1, -0.05) is 23.8 Å². The number of carbonyl (C=O) groups is 2. The minimum atomic E-state index is -1.10. The number of piperazine rings is 1. The van der Waals surface area contributed by atoms with Crippen molar-refractivity contribution in [3.05, 3.63) is 41.7 Å². The number of aromatic nitrogens is 3. The molecule has 9 heteroatoms. The summed E-state index contributed by atoms with van der Waals surface area (Å²) in [4.78, 5) is 28.0. The molecule has 0 saturated carbocycles. The predicted molar refractivity (Wildman–Crippen MR) is 95.2 cm³/mol. The van der Waals surface area contributed by atoms with Crippen molar-refractivity contribution in [1.29, 1.82) is 0 Å². The van der Waals surface area contributed by atoms with Gasteiger partial charge in [-0.15, -0.1) is 5.10 Å². The molecular formula is C18H22N5NaO3. The Hall–Kier alpha value is -1.74. The third kappa shape index (κ3) is 4.24. The van der Waals surface area contributed by atoms with E-state index in [2.05, 4.69) is 15.2 Å². The Bertz CT molecular complexity index is 846. The van der Waals surface area contributed by atoms with E-state index >= 15 is 0 Å². The van der Waals surface area contributed by atoms with Gasteiger partial charge in [-0.25, -0.2) is 9.48 Å². The van der Waals surface area contributed by atoms with Crippen molar-refractivity contribution in [2.75, 3.05) is 24.5 Å². The second-order valence-electron chi connectivity index (χ2n) is 6.81. The number of aromatic carboxylic acids is 1. The molecule has 1 amide bonds. The van der Waals surface area contributed by atoms with Gasteiger partial charge in [-0.05, 0) is 37.1 Å². The first-order chi connectivity index (χ1) is 12.6. The van der Waals surface area contributed by atoms with Gasteiger partial charge in [0.15, 0.2) is 5.69 Å². The molecule has 2 fully saturated rings. The minimum Gasteiger partial charge on any atom is -1.00 e. The van der Waals surface area contributed by atoms with Gasteiger partial charge in [0.2, 0.25) is 5.91 Å². The SMILES string of the molecule is O=C(O)c1cn(Cc2cccc(N3CCN4CCCCC4C3=O)c2)nn1.[H-].[Na+]. The van der Waals surface area contributed by atoms with Crippen LogP contribution < -0.4 is 34.5 Å². The fraction of sp³-hybridized carbons (Fsp3) is 0.444. The molecule has 0 bridgehead atoms. The van der Waals surface area contributed by atoms with Crippen molar-refractivity contribution in [1.82, 2.24) is 19.9 Å². The van der Waals surface area contributed by atoms with Gasteiger partial charge < -0.3 is 11.4 Å². The van der Waals surface area contributed by atoms with Crippen molar-refractivity contribution in [2.24, 2.45) is 0 Å². The van der Waals surface area contributed by atoms with Crippen molar-refractivity contribution in [3.63, 3.8) is 0 Å². The first-order valence-corrected chi connectivity index (χ1v) is 8.89. The fourth-order valence-electron chi connectivity index (χ4n) is 3.80. The van der Waals surface area contributed by atoms with Crippen LogP contribution >= 0.6 is 0 Å². The van der Waals surface area contributed by atoms with Crippen LogP contribution in [0.2, 0.25) is 0 Å². The first-order valence-electron chi connectivity index (χ1n) is 8.89. The quantitative estimate of drug-likeness (QED) is 0.640. The Morgan fingerprint density at radius 2 is 2.11 bits per heavy atom. The van der Waals surface area contributed by atoms with E-state index < -0.39 is 5.97 Å². The van der Waals surface area contributed by atoms with Gasteiger partial charge in [-0.2, -0.15) is 0 Å². The summed E-state index contributed by atoms with van der Waals surface area (Å²) in [6.45, 7) is 3.03. The smallest absolute Gasteiger partial charge is 1.00 e. The molecule has 1 unspecified atom stereocenters. The molecule has 2 aliphatic rings. The van der Waals surface area contributed by atoms with Gasteiger partial charge >= 0.3 is 35.5 Å². The number of nitrogens with zero attached hydrogens (tertiary/aromatic N) is 5. The van der Waals surface area contributed by atoms with Crippen LogP contribution in [-0.2, 0) is 11.3 Å². The van der Waals surface area contributed by atoms with Gasteiger partial charge in [0.25, 0.3) is 0 Å². The Morgan fingerprint density at radius 1 is 1.26 bits per heavy atom. The summed E-state index contributed by atoms with van der Waals surface area (Å²) >= 11 is 0. The molecule has 2 aromatic rings. The average molecular weight is 379 g/mol. The maximum Gasteiger partial charge on any atom is 1.00 e. The molecule has 138 valence electrons. The summed E-state index contributed by atoms with van der Waals surface area (Å²) < 4.78 is 1.49. The van der Waals surface area contributed by atoms with Crippen LogP contribution in [0, 0.1) is 0 Å². The number of carboxylic acids is 1. The summed E-state index contributed by atoms with van der Waals surface area (Å²) in [6.07, 6.45) is 4.63. The molecule has 4 rings (SSSR count). The number of amides is 1. The molecule has 1 atom stereocenters. The maximum atomic E-state index is 12.9. The average Bonchev–Trinajstić information content (AvgIpc) is 3.11. The zero-order valence-electron chi connectivity index (χ0n) is 16.4. The zero-order chi connectivity index (χ0) is 18.1. The molecule has 27 heavy (non-hydrogen) atoms. The number of fused-ring (bicyclic) bond motifs is 1. The van der Waals surface area contributed by atoms with Crippen molar-refractivity contribution in [2.45, 2.75) is 31.8 Å².